The lowest BCUT2D eigenvalue weighted by Crippen LogP contribution is -2.45. The molecule has 2 N–H and O–H groups in total. The van der Waals surface area contributed by atoms with Crippen LogP contribution in [0.4, 0.5) is 5.69 Å². The number of nitro benzene ring substituents is 1. The van der Waals surface area contributed by atoms with Gasteiger partial charge in [-0.1, -0.05) is 31.5 Å². The zero-order chi connectivity index (χ0) is 18.6. The van der Waals surface area contributed by atoms with Crippen molar-refractivity contribution in [3.8, 4) is 5.69 Å². The fourth-order valence-electron chi connectivity index (χ4n) is 2.14. The Morgan fingerprint density at radius 3 is 2.76 bits per heavy atom. The minimum atomic E-state index is -1.13. The summed E-state index contributed by atoms with van der Waals surface area (Å²) < 4.78 is 1.21. The molecular weight excluding hydrogens is 330 g/mol. The van der Waals surface area contributed by atoms with Gasteiger partial charge in [0.2, 0.25) is 0 Å². The number of hydrogen-bond acceptors (Lipinski definition) is 6. The maximum Gasteiger partial charge on any atom is 0.326 e. The smallest absolute Gasteiger partial charge is 0.326 e. The molecule has 10 nitrogen and oxygen atoms in total. The van der Waals surface area contributed by atoms with E-state index in [1.54, 1.807) is 13.0 Å². The third-order valence-corrected chi connectivity index (χ3v) is 3.80. The molecule has 2 aromatic rings. The normalized spacial score (nSPS) is 13.0. The van der Waals surface area contributed by atoms with Crippen LogP contribution in [0.5, 0.6) is 0 Å². The molecule has 10 heteroatoms. The highest BCUT2D eigenvalue weighted by atomic mass is 16.6. The van der Waals surface area contributed by atoms with Crippen molar-refractivity contribution in [3.05, 3.63) is 46.3 Å². The molecule has 1 aromatic heterocycles. The second-order valence-electron chi connectivity index (χ2n) is 5.50. The third kappa shape index (κ3) is 4.16. The van der Waals surface area contributed by atoms with Gasteiger partial charge in [0, 0.05) is 12.1 Å². The Hall–Kier alpha value is -3.30. The molecule has 1 amide bonds. The van der Waals surface area contributed by atoms with Crippen molar-refractivity contribution in [1.82, 2.24) is 20.3 Å². The molecule has 0 aliphatic carbocycles. The van der Waals surface area contributed by atoms with Crippen molar-refractivity contribution in [2.75, 3.05) is 0 Å². The molecule has 0 fully saturated rings. The van der Waals surface area contributed by atoms with Crippen molar-refractivity contribution in [1.29, 1.82) is 0 Å². The summed E-state index contributed by atoms with van der Waals surface area (Å²) in [4.78, 5) is 33.7. The van der Waals surface area contributed by atoms with Crippen molar-refractivity contribution in [3.63, 3.8) is 0 Å². The number of rotatable bonds is 7. The Bertz CT molecular complexity index is 803. The maximum atomic E-state index is 12.2. The number of carbonyl (C=O) groups excluding carboxylic acids is 1. The summed E-state index contributed by atoms with van der Waals surface area (Å²) in [6.45, 7) is 3.55. The second kappa shape index (κ2) is 7.51. The lowest BCUT2D eigenvalue weighted by atomic mass is 9.99. The fraction of sp³-hybridized carbons (Fsp3) is 0.333. The Balaban J connectivity index is 2.20. The van der Waals surface area contributed by atoms with Gasteiger partial charge in [0.15, 0.2) is 5.69 Å². The monoisotopic (exact) mass is 347 g/mol. The standard InChI is InChI=1S/C15H17N5O5/c1-3-9(2)13(15(22)23)16-14(21)12-8-19(18-17-12)10-5-4-6-11(7-10)20(24)25/h4-9,13H,3H2,1-2H3,(H,16,21)(H,22,23). The first kappa shape index (κ1) is 18.0. The van der Waals surface area contributed by atoms with Crippen LogP contribution < -0.4 is 5.32 Å². The topological polar surface area (TPSA) is 140 Å². The molecule has 0 bridgehead atoms. The summed E-state index contributed by atoms with van der Waals surface area (Å²) in [6.07, 6.45) is 1.86. The Morgan fingerprint density at radius 1 is 1.44 bits per heavy atom. The van der Waals surface area contributed by atoms with Gasteiger partial charge in [0.1, 0.15) is 6.04 Å². The fourth-order valence-corrected chi connectivity index (χ4v) is 2.14. The molecule has 2 rings (SSSR count). The molecule has 0 saturated heterocycles. The van der Waals surface area contributed by atoms with Gasteiger partial charge in [-0.25, -0.2) is 9.48 Å². The van der Waals surface area contributed by atoms with Crippen LogP contribution in [0.3, 0.4) is 0 Å². The first-order valence-electron chi connectivity index (χ1n) is 7.54. The molecule has 1 aromatic carbocycles. The summed E-state index contributed by atoms with van der Waals surface area (Å²) in [5, 5.41) is 29.9. The third-order valence-electron chi connectivity index (χ3n) is 3.80. The van der Waals surface area contributed by atoms with Gasteiger partial charge in [-0.05, 0) is 12.0 Å². The number of amides is 1. The highest BCUT2D eigenvalue weighted by molar-refractivity contribution is 5.94. The molecular formula is C15H17N5O5. The molecule has 25 heavy (non-hydrogen) atoms. The lowest BCUT2D eigenvalue weighted by molar-refractivity contribution is -0.384. The molecule has 0 aliphatic heterocycles. The van der Waals surface area contributed by atoms with Crippen molar-refractivity contribution >= 4 is 17.6 Å². The number of carboxylic acids is 1. The van der Waals surface area contributed by atoms with Gasteiger partial charge in [-0.3, -0.25) is 14.9 Å². The van der Waals surface area contributed by atoms with E-state index < -0.39 is 22.8 Å². The molecule has 132 valence electrons. The van der Waals surface area contributed by atoms with Crippen LogP contribution in [-0.4, -0.2) is 42.9 Å². The Morgan fingerprint density at radius 2 is 2.16 bits per heavy atom. The van der Waals surface area contributed by atoms with Crippen LogP contribution in [0.25, 0.3) is 5.69 Å². The van der Waals surface area contributed by atoms with Crippen LogP contribution in [0.2, 0.25) is 0 Å². The van der Waals surface area contributed by atoms with Crippen LogP contribution >= 0.6 is 0 Å². The van der Waals surface area contributed by atoms with E-state index in [0.29, 0.717) is 12.1 Å². The predicted molar refractivity (Wildman–Crippen MR) is 86.4 cm³/mol. The number of carbonyl (C=O) groups is 2. The number of carboxylic acid groups (broad SMARTS) is 1. The minimum absolute atomic E-state index is 0.0824. The second-order valence-corrected chi connectivity index (χ2v) is 5.50. The van der Waals surface area contributed by atoms with Gasteiger partial charge >= 0.3 is 5.97 Å². The van der Waals surface area contributed by atoms with E-state index in [2.05, 4.69) is 15.6 Å². The summed E-state index contributed by atoms with van der Waals surface area (Å²) in [5.74, 6) is -2.06. The zero-order valence-electron chi connectivity index (χ0n) is 13.6. The SMILES string of the molecule is CCC(C)C(NC(=O)c1cn(-c2cccc([N+](=O)[O-])c2)nn1)C(=O)O. The summed E-state index contributed by atoms with van der Waals surface area (Å²) in [7, 11) is 0. The lowest BCUT2D eigenvalue weighted by Gasteiger charge is -2.19. The highest BCUT2D eigenvalue weighted by Gasteiger charge is 2.26. The minimum Gasteiger partial charge on any atom is -0.480 e. The zero-order valence-corrected chi connectivity index (χ0v) is 13.6. The molecule has 2 unspecified atom stereocenters. The van der Waals surface area contributed by atoms with Gasteiger partial charge in [0.05, 0.1) is 16.8 Å². The predicted octanol–water partition coefficient (Wildman–Crippen LogP) is 1.40. The Labute approximate surface area is 142 Å². The van der Waals surface area contributed by atoms with Gasteiger partial charge in [-0.2, -0.15) is 0 Å². The van der Waals surface area contributed by atoms with Crippen LogP contribution in [-0.2, 0) is 4.79 Å². The summed E-state index contributed by atoms with van der Waals surface area (Å²) in [5.41, 5.74) is 0.153. The number of aromatic nitrogens is 3. The van der Waals surface area contributed by atoms with E-state index >= 15 is 0 Å². The van der Waals surface area contributed by atoms with E-state index in [9.17, 15) is 24.8 Å². The molecule has 0 aliphatic rings. The van der Waals surface area contributed by atoms with E-state index in [0.717, 1.165) is 0 Å². The van der Waals surface area contributed by atoms with Gasteiger partial charge in [-0.15, -0.1) is 5.10 Å². The van der Waals surface area contributed by atoms with Crippen LogP contribution in [0, 0.1) is 16.0 Å². The van der Waals surface area contributed by atoms with Crippen molar-refractivity contribution < 1.29 is 19.6 Å². The number of nitrogens with one attached hydrogen (secondary N) is 1. The summed E-state index contributed by atoms with van der Waals surface area (Å²) >= 11 is 0. The molecule has 1 heterocycles. The quantitative estimate of drug-likeness (QED) is 0.570. The van der Waals surface area contributed by atoms with E-state index in [1.807, 2.05) is 6.92 Å². The number of nitro groups is 1. The van der Waals surface area contributed by atoms with Crippen LogP contribution in [0.1, 0.15) is 30.8 Å². The van der Waals surface area contributed by atoms with Crippen LogP contribution in [0.15, 0.2) is 30.5 Å². The van der Waals surface area contributed by atoms with Crippen molar-refractivity contribution in [2.45, 2.75) is 26.3 Å². The van der Waals surface area contributed by atoms with Gasteiger partial charge < -0.3 is 10.4 Å². The average Bonchev–Trinajstić information content (AvgIpc) is 3.08. The maximum absolute atomic E-state index is 12.2. The first-order valence-corrected chi connectivity index (χ1v) is 7.54. The molecule has 0 saturated carbocycles. The van der Waals surface area contributed by atoms with E-state index in [4.69, 9.17) is 0 Å². The highest BCUT2D eigenvalue weighted by Crippen LogP contribution is 2.16. The number of benzene rings is 1. The summed E-state index contributed by atoms with van der Waals surface area (Å²) in [6, 6.07) is 4.63. The Kier molecular flexibility index (Phi) is 5.42. The molecule has 0 spiro atoms. The van der Waals surface area contributed by atoms with E-state index in [-0.39, 0.29) is 17.3 Å². The average molecular weight is 347 g/mol. The number of aliphatic carboxylic acids is 1. The van der Waals surface area contributed by atoms with Gasteiger partial charge in [0.25, 0.3) is 11.6 Å². The number of hydrogen-bond donors (Lipinski definition) is 2. The van der Waals surface area contributed by atoms with E-state index in [1.165, 1.54) is 29.1 Å². The largest absolute Gasteiger partial charge is 0.480 e. The molecule has 0 radical (unpaired) electrons. The number of nitrogens with zero attached hydrogens (tertiary/aromatic N) is 4. The first-order chi connectivity index (χ1) is 11.8. The number of non-ortho nitro benzene ring substituents is 1. The molecule has 2 atom stereocenters. The van der Waals surface area contributed by atoms with Crippen molar-refractivity contribution in [2.24, 2.45) is 5.92 Å².